The molecule has 0 radical (unpaired) electrons. The molecule has 0 aromatic heterocycles. The van der Waals surface area contributed by atoms with Crippen LogP contribution in [0.3, 0.4) is 0 Å². The van der Waals surface area contributed by atoms with Crippen molar-refractivity contribution in [2.45, 2.75) is 31.6 Å². The van der Waals surface area contributed by atoms with E-state index in [-0.39, 0.29) is 0 Å². The first-order valence-corrected chi connectivity index (χ1v) is 6.62. The molecular formula is C17H19-. The van der Waals surface area contributed by atoms with Crippen LogP contribution in [-0.2, 0) is 0 Å². The van der Waals surface area contributed by atoms with Crippen LogP contribution in [0.4, 0.5) is 0 Å². The molecule has 0 bridgehead atoms. The highest BCUT2D eigenvalue weighted by molar-refractivity contribution is 5.42. The summed E-state index contributed by atoms with van der Waals surface area (Å²) in [4.78, 5) is 0. The zero-order valence-electron chi connectivity index (χ0n) is 10.3. The zero-order chi connectivity index (χ0) is 11.7. The fourth-order valence-electron chi connectivity index (χ4n) is 3.36. The summed E-state index contributed by atoms with van der Waals surface area (Å²) in [5, 5.41) is 0. The number of allylic oxidation sites excluding steroid dienone is 4. The van der Waals surface area contributed by atoms with Crippen molar-refractivity contribution in [3.63, 3.8) is 0 Å². The molecule has 2 aliphatic carbocycles. The zero-order valence-corrected chi connectivity index (χ0v) is 10.3. The fraction of sp³-hybridized carbons (Fsp3) is 0.353. The summed E-state index contributed by atoms with van der Waals surface area (Å²) in [5.41, 5.74) is 3.13. The minimum atomic E-state index is 0.615. The number of hydrogen-bond acceptors (Lipinski definition) is 0. The summed E-state index contributed by atoms with van der Waals surface area (Å²) in [6, 6.07) is 9.01. The first kappa shape index (κ1) is 10.8. The van der Waals surface area contributed by atoms with E-state index < -0.39 is 0 Å². The van der Waals surface area contributed by atoms with E-state index >= 15 is 0 Å². The second-order valence-corrected chi connectivity index (χ2v) is 5.16. The molecule has 3 atom stereocenters. The molecule has 2 aliphatic rings. The number of benzene rings is 1. The lowest BCUT2D eigenvalue weighted by Crippen LogP contribution is -2.22. The van der Waals surface area contributed by atoms with Gasteiger partial charge in [0.1, 0.15) is 0 Å². The number of rotatable bonds is 2. The third-order valence-corrected chi connectivity index (χ3v) is 4.12. The van der Waals surface area contributed by atoms with Crippen molar-refractivity contribution >= 4 is 0 Å². The van der Waals surface area contributed by atoms with Gasteiger partial charge in [-0.15, -0.1) is 0 Å². The third kappa shape index (κ3) is 1.86. The van der Waals surface area contributed by atoms with E-state index in [0.29, 0.717) is 17.8 Å². The lowest BCUT2D eigenvalue weighted by atomic mass is 9.68. The summed E-state index contributed by atoms with van der Waals surface area (Å²) in [6.07, 6.45) is 14.0. The molecule has 0 spiro atoms. The van der Waals surface area contributed by atoms with Crippen LogP contribution in [0, 0.1) is 12.3 Å². The molecule has 0 heteroatoms. The molecule has 88 valence electrons. The summed E-state index contributed by atoms with van der Waals surface area (Å²) < 4.78 is 0. The monoisotopic (exact) mass is 223 g/mol. The molecule has 0 heterocycles. The molecule has 0 nitrogen and oxygen atoms in total. The Balaban J connectivity index is 2.03. The molecule has 1 aromatic carbocycles. The van der Waals surface area contributed by atoms with Gasteiger partial charge in [0.25, 0.3) is 0 Å². The summed E-state index contributed by atoms with van der Waals surface area (Å²) in [6.45, 7) is 2.17. The van der Waals surface area contributed by atoms with E-state index in [9.17, 15) is 0 Å². The van der Waals surface area contributed by atoms with Crippen LogP contribution >= 0.6 is 0 Å². The molecular weight excluding hydrogens is 204 g/mol. The average Bonchev–Trinajstić information content (AvgIpc) is 2.39. The Morgan fingerprint density at radius 1 is 1.12 bits per heavy atom. The van der Waals surface area contributed by atoms with E-state index in [1.54, 1.807) is 11.1 Å². The van der Waals surface area contributed by atoms with Gasteiger partial charge in [-0.3, -0.25) is 0 Å². The van der Waals surface area contributed by atoms with Crippen LogP contribution in [0.25, 0.3) is 0 Å². The van der Waals surface area contributed by atoms with Gasteiger partial charge in [-0.05, 0) is 29.4 Å². The Morgan fingerprint density at radius 3 is 2.71 bits per heavy atom. The van der Waals surface area contributed by atoms with Gasteiger partial charge in [-0.2, -0.15) is 13.3 Å². The van der Waals surface area contributed by atoms with Gasteiger partial charge in [0.05, 0.1) is 0 Å². The van der Waals surface area contributed by atoms with Crippen LogP contribution in [0.1, 0.15) is 42.7 Å². The third-order valence-electron chi connectivity index (χ3n) is 4.12. The molecule has 0 N–H and O–H groups in total. The first-order valence-electron chi connectivity index (χ1n) is 6.62. The highest BCUT2D eigenvalue weighted by Gasteiger charge is 2.30. The maximum atomic E-state index is 2.39. The quantitative estimate of drug-likeness (QED) is 0.642. The molecule has 0 saturated carbocycles. The van der Waals surface area contributed by atoms with Crippen LogP contribution in [0.15, 0.2) is 48.6 Å². The van der Waals surface area contributed by atoms with Gasteiger partial charge in [0.2, 0.25) is 0 Å². The summed E-state index contributed by atoms with van der Waals surface area (Å²) in [5.74, 6) is 2.04. The lowest BCUT2D eigenvalue weighted by molar-refractivity contribution is 0.428. The predicted octanol–water partition coefficient (Wildman–Crippen LogP) is 4.61. The van der Waals surface area contributed by atoms with Gasteiger partial charge in [0, 0.05) is 5.92 Å². The molecule has 17 heavy (non-hydrogen) atoms. The molecule has 0 fully saturated rings. The Labute approximate surface area is 104 Å². The van der Waals surface area contributed by atoms with Crippen molar-refractivity contribution in [1.82, 2.24) is 0 Å². The van der Waals surface area contributed by atoms with Crippen LogP contribution in [0.5, 0.6) is 0 Å². The van der Waals surface area contributed by atoms with E-state index in [0.717, 1.165) is 0 Å². The lowest BCUT2D eigenvalue weighted by Gasteiger charge is -2.38. The van der Waals surface area contributed by atoms with Crippen molar-refractivity contribution in [2.24, 2.45) is 5.92 Å². The SMILES string of the molecule is C[CH-]CC1CC2C=CC=CC2c2ccccc21. The van der Waals surface area contributed by atoms with Gasteiger partial charge < -0.3 is 6.42 Å². The number of fused-ring (bicyclic) bond motifs is 3. The second kappa shape index (κ2) is 4.52. The minimum absolute atomic E-state index is 0.615. The number of hydrogen-bond donors (Lipinski definition) is 0. The maximum absolute atomic E-state index is 2.39. The standard InChI is InChI=1S/C17H19/c1-2-7-13-12-14-8-3-4-9-16(14)17-11-6-5-10-15(13)17/h2-6,8-11,13-14,16H,7,12H2,1H3/q-1. The summed E-state index contributed by atoms with van der Waals surface area (Å²) in [7, 11) is 0. The Morgan fingerprint density at radius 2 is 1.88 bits per heavy atom. The van der Waals surface area contributed by atoms with Gasteiger partial charge in [-0.1, -0.05) is 48.6 Å². The van der Waals surface area contributed by atoms with Crippen LogP contribution in [0.2, 0.25) is 0 Å². The van der Waals surface area contributed by atoms with Crippen molar-refractivity contribution < 1.29 is 0 Å². The normalized spacial score (nSPS) is 29.8. The van der Waals surface area contributed by atoms with Gasteiger partial charge >= 0.3 is 0 Å². The van der Waals surface area contributed by atoms with Gasteiger partial charge in [0.15, 0.2) is 0 Å². The largest absolute Gasteiger partial charge is 0.331 e. The summed E-state index contributed by atoms with van der Waals surface area (Å²) >= 11 is 0. The Kier molecular flexibility index (Phi) is 2.88. The average molecular weight is 223 g/mol. The van der Waals surface area contributed by atoms with Crippen molar-refractivity contribution in [1.29, 1.82) is 0 Å². The topological polar surface area (TPSA) is 0 Å². The Bertz CT molecular complexity index is 453. The molecule has 0 amide bonds. The molecule has 3 rings (SSSR count). The van der Waals surface area contributed by atoms with Crippen LogP contribution < -0.4 is 0 Å². The van der Waals surface area contributed by atoms with E-state index in [2.05, 4.69) is 61.9 Å². The molecule has 3 unspecified atom stereocenters. The highest BCUT2D eigenvalue weighted by Crippen LogP contribution is 2.46. The molecule has 0 saturated heterocycles. The smallest absolute Gasteiger partial charge is 0.00870 e. The van der Waals surface area contributed by atoms with Crippen LogP contribution in [-0.4, -0.2) is 0 Å². The Hall–Kier alpha value is -1.30. The van der Waals surface area contributed by atoms with Crippen molar-refractivity contribution in [3.8, 4) is 0 Å². The van der Waals surface area contributed by atoms with E-state index in [1.165, 1.54) is 12.8 Å². The predicted molar refractivity (Wildman–Crippen MR) is 72.9 cm³/mol. The molecule has 0 aliphatic heterocycles. The minimum Gasteiger partial charge on any atom is -0.331 e. The van der Waals surface area contributed by atoms with Gasteiger partial charge in [-0.25, -0.2) is 0 Å². The van der Waals surface area contributed by atoms with E-state index in [1.807, 2.05) is 0 Å². The maximum Gasteiger partial charge on any atom is 0.00870 e. The van der Waals surface area contributed by atoms with Crippen molar-refractivity contribution in [2.75, 3.05) is 0 Å². The first-order chi connectivity index (χ1) is 8.40. The fourth-order valence-corrected chi connectivity index (χ4v) is 3.36. The highest BCUT2D eigenvalue weighted by atomic mass is 14.4. The second-order valence-electron chi connectivity index (χ2n) is 5.16. The van der Waals surface area contributed by atoms with Crippen molar-refractivity contribution in [3.05, 3.63) is 66.1 Å². The van der Waals surface area contributed by atoms with E-state index in [4.69, 9.17) is 0 Å². The molecule has 1 aromatic rings.